The Balaban J connectivity index is 1.69. The van der Waals surface area contributed by atoms with E-state index in [4.69, 9.17) is 21.6 Å². The monoisotopic (exact) mass is 466 g/mol. The molecule has 162 valence electrons. The topological polar surface area (TPSA) is 108 Å². The second kappa shape index (κ2) is 9.96. The molecule has 0 bridgehead atoms. The van der Waals surface area contributed by atoms with Crippen LogP contribution in [-0.4, -0.2) is 41.1 Å². The molecule has 1 aliphatic heterocycles. The molecule has 1 aliphatic rings. The second-order valence-electron chi connectivity index (χ2n) is 7.12. The fourth-order valence-corrected chi connectivity index (χ4v) is 4.30. The van der Waals surface area contributed by atoms with Crippen molar-refractivity contribution in [1.29, 1.82) is 5.26 Å². The summed E-state index contributed by atoms with van der Waals surface area (Å²) in [7, 11) is 0. The highest BCUT2D eigenvalue weighted by molar-refractivity contribution is 7.98. The predicted octanol–water partition coefficient (Wildman–Crippen LogP) is 4.28. The van der Waals surface area contributed by atoms with Gasteiger partial charge in [-0.05, 0) is 17.7 Å². The maximum atomic E-state index is 10.9. The number of hydrogen-bond donors (Lipinski definition) is 1. The summed E-state index contributed by atoms with van der Waals surface area (Å²) < 4.78 is 0. The Morgan fingerprint density at radius 2 is 1.81 bits per heavy atom. The summed E-state index contributed by atoms with van der Waals surface area (Å²) in [5.74, 6) is 1.17. The van der Waals surface area contributed by atoms with Crippen LogP contribution < -0.4 is 10.2 Å². The summed E-state index contributed by atoms with van der Waals surface area (Å²) in [5, 5.41) is 25.3. The van der Waals surface area contributed by atoms with Gasteiger partial charge >= 0.3 is 0 Å². The van der Waals surface area contributed by atoms with E-state index in [1.165, 1.54) is 23.9 Å². The van der Waals surface area contributed by atoms with Crippen LogP contribution >= 0.6 is 23.4 Å². The molecule has 8 nitrogen and oxygen atoms in total. The van der Waals surface area contributed by atoms with E-state index in [0.717, 1.165) is 37.3 Å². The highest BCUT2D eigenvalue weighted by atomic mass is 35.5. The van der Waals surface area contributed by atoms with Crippen molar-refractivity contribution in [3.05, 3.63) is 74.8 Å². The summed E-state index contributed by atoms with van der Waals surface area (Å²) in [6, 6.07) is 16.0. The summed E-state index contributed by atoms with van der Waals surface area (Å²) in [4.78, 5) is 22.0. The lowest BCUT2D eigenvalue weighted by molar-refractivity contribution is -0.384. The zero-order valence-electron chi connectivity index (χ0n) is 17.0. The van der Waals surface area contributed by atoms with Crippen molar-refractivity contribution >= 4 is 34.9 Å². The van der Waals surface area contributed by atoms with Crippen molar-refractivity contribution in [3.63, 3.8) is 0 Å². The number of nitrogens with zero attached hydrogens (tertiary/aromatic N) is 5. The fraction of sp³-hybridized carbons (Fsp3) is 0.227. The third-order valence-corrected chi connectivity index (χ3v) is 6.20. The van der Waals surface area contributed by atoms with Crippen LogP contribution in [0.3, 0.4) is 0 Å². The number of aromatic nitrogens is 2. The largest absolute Gasteiger partial charge is 0.353 e. The highest BCUT2D eigenvalue weighted by Crippen LogP contribution is 2.32. The van der Waals surface area contributed by atoms with Crippen LogP contribution in [0.4, 0.5) is 11.5 Å². The van der Waals surface area contributed by atoms with Gasteiger partial charge in [-0.1, -0.05) is 47.6 Å². The van der Waals surface area contributed by atoms with Crippen LogP contribution in [0.25, 0.3) is 11.3 Å². The van der Waals surface area contributed by atoms with Gasteiger partial charge in [0.25, 0.3) is 5.69 Å². The Morgan fingerprint density at radius 1 is 1.12 bits per heavy atom. The number of piperazine rings is 1. The molecule has 2 aromatic carbocycles. The van der Waals surface area contributed by atoms with Crippen molar-refractivity contribution in [3.8, 4) is 17.3 Å². The van der Waals surface area contributed by atoms with Gasteiger partial charge in [-0.2, -0.15) is 5.26 Å². The molecular formula is C22H19ClN6O2S. The van der Waals surface area contributed by atoms with E-state index in [2.05, 4.69) is 16.3 Å². The van der Waals surface area contributed by atoms with Gasteiger partial charge < -0.3 is 10.2 Å². The number of benzene rings is 2. The van der Waals surface area contributed by atoms with E-state index in [1.54, 1.807) is 24.3 Å². The van der Waals surface area contributed by atoms with Crippen LogP contribution in [-0.2, 0) is 5.75 Å². The molecule has 10 heteroatoms. The molecule has 0 unspecified atom stereocenters. The fourth-order valence-electron chi connectivity index (χ4n) is 3.38. The van der Waals surface area contributed by atoms with E-state index in [0.29, 0.717) is 33.0 Å². The predicted molar refractivity (Wildman–Crippen MR) is 125 cm³/mol. The first-order valence-electron chi connectivity index (χ1n) is 9.95. The molecule has 0 aliphatic carbocycles. The highest BCUT2D eigenvalue weighted by Gasteiger charge is 2.22. The second-order valence-corrected chi connectivity index (χ2v) is 8.50. The van der Waals surface area contributed by atoms with Crippen molar-refractivity contribution in [1.82, 2.24) is 15.3 Å². The SMILES string of the molecule is N#Cc1c(-c2ccc(Cl)cc2)nc(SCc2ccc([N+](=O)[O-])cc2)nc1N1CCNCC1. The normalized spacial score (nSPS) is 13.6. The molecule has 1 N–H and O–H groups in total. The summed E-state index contributed by atoms with van der Waals surface area (Å²) in [6.45, 7) is 3.13. The number of nitro benzene ring substituents is 1. The zero-order chi connectivity index (χ0) is 22.5. The number of halogens is 1. The van der Waals surface area contributed by atoms with Gasteiger partial charge in [-0.15, -0.1) is 0 Å². The van der Waals surface area contributed by atoms with Crippen molar-refractivity contribution in [2.45, 2.75) is 10.9 Å². The van der Waals surface area contributed by atoms with Crippen LogP contribution in [0, 0.1) is 21.4 Å². The Hall–Kier alpha value is -3.19. The number of non-ortho nitro benzene ring substituents is 1. The standard InChI is InChI=1S/C22H19ClN6O2S/c23-17-5-3-16(4-6-17)20-19(13-24)21(28-11-9-25-10-12-28)27-22(26-20)32-14-15-1-7-18(8-2-15)29(30)31/h1-8,25H,9-12,14H2. The molecule has 1 saturated heterocycles. The average molecular weight is 467 g/mol. The quantitative estimate of drug-likeness (QED) is 0.248. The molecule has 1 aromatic heterocycles. The summed E-state index contributed by atoms with van der Waals surface area (Å²) in [5.41, 5.74) is 2.78. The van der Waals surface area contributed by atoms with Gasteiger partial charge in [0.1, 0.15) is 11.6 Å². The third-order valence-electron chi connectivity index (χ3n) is 5.03. The molecule has 3 aromatic rings. The van der Waals surface area contributed by atoms with Gasteiger partial charge in [0.2, 0.25) is 0 Å². The van der Waals surface area contributed by atoms with E-state index in [9.17, 15) is 15.4 Å². The van der Waals surface area contributed by atoms with E-state index >= 15 is 0 Å². The molecule has 4 rings (SSSR count). The number of nitriles is 1. The van der Waals surface area contributed by atoms with Gasteiger partial charge in [0.15, 0.2) is 11.0 Å². The first kappa shape index (κ1) is 22.0. The van der Waals surface area contributed by atoms with Gasteiger partial charge in [-0.3, -0.25) is 10.1 Å². The van der Waals surface area contributed by atoms with E-state index in [-0.39, 0.29) is 5.69 Å². The molecule has 0 amide bonds. The van der Waals surface area contributed by atoms with Crippen molar-refractivity contribution in [2.24, 2.45) is 0 Å². The number of nitrogens with one attached hydrogen (secondary N) is 1. The number of rotatable bonds is 6. The van der Waals surface area contributed by atoms with Crippen LogP contribution in [0.15, 0.2) is 53.7 Å². The molecule has 0 radical (unpaired) electrons. The Labute approximate surface area is 194 Å². The third kappa shape index (κ3) is 4.99. The number of hydrogen-bond acceptors (Lipinski definition) is 8. The number of nitro groups is 1. The molecule has 0 saturated carbocycles. The maximum absolute atomic E-state index is 10.9. The van der Waals surface area contributed by atoms with Gasteiger partial charge in [-0.25, -0.2) is 9.97 Å². The minimum absolute atomic E-state index is 0.0550. The Bertz CT molecular complexity index is 1160. The number of anilines is 1. The first-order valence-corrected chi connectivity index (χ1v) is 11.3. The number of thioether (sulfide) groups is 1. The lowest BCUT2D eigenvalue weighted by atomic mass is 10.1. The minimum Gasteiger partial charge on any atom is -0.353 e. The lowest BCUT2D eigenvalue weighted by Crippen LogP contribution is -2.44. The summed E-state index contributed by atoms with van der Waals surface area (Å²) in [6.07, 6.45) is 0. The molecule has 2 heterocycles. The first-order chi connectivity index (χ1) is 15.5. The lowest BCUT2D eigenvalue weighted by Gasteiger charge is -2.29. The Kier molecular flexibility index (Phi) is 6.85. The molecule has 0 spiro atoms. The van der Waals surface area contributed by atoms with Crippen LogP contribution in [0.5, 0.6) is 0 Å². The van der Waals surface area contributed by atoms with Gasteiger partial charge in [0, 0.05) is 54.7 Å². The molecule has 32 heavy (non-hydrogen) atoms. The van der Waals surface area contributed by atoms with Crippen LogP contribution in [0.1, 0.15) is 11.1 Å². The minimum atomic E-state index is -0.418. The van der Waals surface area contributed by atoms with Crippen molar-refractivity contribution < 1.29 is 4.92 Å². The summed E-state index contributed by atoms with van der Waals surface area (Å²) >= 11 is 7.47. The average Bonchev–Trinajstić information content (AvgIpc) is 2.83. The van der Waals surface area contributed by atoms with E-state index < -0.39 is 4.92 Å². The Morgan fingerprint density at radius 3 is 2.44 bits per heavy atom. The van der Waals surface area contributed by atoms with Gasteiger partial charge in [0.05, 0.1) is 10.6 Å². The van der Waals surface area contributed by atoms with E-state index in [1.807, 2.05) is 12.1 Å². The smallest absolute Gasteiger partial charge is 0.269 e. The zero-order valence-corrected chi connectivity index (χ0v) is 18.6. The maximum Gasteiger partial charge on any atom is 0.269 e. The van der Waals surface area contributed by atoms with Crippen molar-refractivity contribution in [2.75, 3.05) is 31.1 Å². The molecule has 1 fully saturated rings. The molecular weight excluding hydrogens is 448 g/mol. The molecule has 0 atom stereocenters. The van der Waals surface area contributed by atoms with Crippen LogP contribution in [0.2, 0.25) is 5.02 Å².